The monoisotopic (exact) mass is 336 g/mol. The van der Waals surface area contributed by atoms with Crippen LogP contribution in [0.1, 0.15) is 5.56 Å². The van der Waals surface area contributed by atoms with Crippen molar-refractivity contribution >= 4 is 33.2 Å². The maximum Gasteiger partial charge on any atom is 0.243 e. The number of carbonyl (C=O) groups excluding carboxylic acids is 1. The van der Waals surface area contributed by atoms with Crippen LogP contribution in [0.2, 0.25) is 0 Å². The Morgan fingerprint density at radius 1 is 1.20 bits per heavy atom. The molecule has 0 atom stereocenters. The molecule has 0 aliphatic heterocycles. The third-order valence-electron chi connectivity index (χ3n) is 2.69. The molecule has 0 unspecified atom stereocenters. The average Bonchev–Trinajstić information content (AvgIpc) is 2.42. The average molecular weight is 337 g/mol. The Hall–Kier alpha value is -1.88. The zero-order valence-electron chi connectivity index (χ0n) is 10.9. The van der Waals surface area contributed by atoms with Crippen LogP contribution in [-0.2, 0) is 4.79 Å². The Labute approximate surface area is 125 Å². The topological polar surface area (TPSA) is 41.1 Å². The molecule has 104 valence electrons. The molecule has 2 N–H and O–H groups in total. The number of nitrogens with one attached hydrogen (secondary N) is 2. The summed E-state index contributed by atoms with van der Waals surface area (Å²) in [6.45, 7) is 2.12. The third kappa shape index (κ3) is 4.06. The van der Waals surface area contributed by atoms with Crippen molar-refractivity contribution < 1.29 is 9.18 Å². The van der Waals surface area contributed by atoms with E-state index in [0.29, 0.717) is 5.69 Å². The Balaban J connectivity index is 1.92. The number of carbonyl (C=O) groups is 1. The summed E-state index contributed by atoms with van der Waals surface area (Å²) in [7, 11) is 0. The van der Waals surface area contributed by atoms with Crippen molar-refractivity contribution in [2.45, 2.75) is 6.92 Å². The molecule has 0 fully saturated rings. The van der Waals surface area contributed by atoms with E-state index in [2.05, 4.69) is 26.6 Å². The minimum atomic E-state index is -0.329. The van der Waals surface area contributed by atoms with E-state index < -0.39 is 0 Å². The summed E-state index contributed by atoms with van der Waals surface area (Å²) in [5.41, 5.74) is 2.54. The molecule has 20 heavy (non-hydrogen) atoms. The Morgan fingerprint density at radius 3 is 2.60 bits per heavy atom. The molecule has 0 heterocycles. The first-order valence-electron chi connectivity index (χ1n) is 6.10. The van der Waals surface area contributed by atoms with Gasteiger partial charge in [-0.15, -0.1) is 0 Å². The Bertz CT molecular complexity index is 614. The molecule has 1 amide bonds. The van der Waals surface area contributed by atoms with Gasteiger partial charge in [0.1, 0.15) is 5.82 Å². The molecule has 0 bridgehead atoms. The number of benzene rings is 2. The second-order valence-electron chi connectivity index (χ2n) is 4.39. The summed E-state index contributed by atoms with van der Waals surface area (Å²) in [5.74, 6) is -0.519. The molecule has 2 aromatic carbocycles. The van der Waals surface area contributed by atoms with Gasteiger partial charge < -0.3 is 10.6 Å². The number of halogens is 2. The van der Waals surface area contributed by atoms with Crippen molar-refractivity contribution in [2.24, 2.45) is 0 Å². The number of aryl methyl sites for hydroxylation is 1. The Morgan fingerprint density at radius 2 is 1.90 bits per heavy atom. The van der Waals surface area contributed by atoms with Crippen molar-refractivity contribution in [3.63, 3.8) is 0 Å². The van der Waals surface area contributed by atoms with Crippen LogP contribution in [0.5, 0.6) is 0 Å². The van der Waals surface area contributed by atoms with Crippen molar-refractivity contribution in [3.05, 3.63) is 58.3 Å². The fourth-order valence-corrected chi connectivity index (χ4v) is 2.08. The summed E-state index contributed by atoms with van der Waals surface area (Å²) in [6, 6.07) is 11.5. The second kappa shape index (κ2) is 6.52. The third-order valence-corrected chi connectivity index (χ3v) is 3.38. The van der Waals surface area contributed by atoms with Gasteiger partial charge in [-0.3, -0.25) is 4.79 Å². The predicted molar refractivity (Wildman–Crippen MR) is 82.4 cm³/mol. The van der Waals surface area contributed by atoms with Gasteiger partial charge in [0, 0.05) is 15.8 Å². The lowest BCUT2D eigenvalue weighted by Gasteiger charge is -2.10. The van der Waals surface area contributed by atoms with E-state index in [-0.39, 0.29) is 18.3 Å². The van der Waals surface area contributed by atoms with E-state index in [0.717, 1.165) is 15.7 Å². The van der Waals surface area contributed by atoms with E-state index in [4.69, 9.17) is 0 Å². The van der Waals surface area contributed by atoms with Crippen LogP contribution < -0.4 is 10.6 Å². The lowest BCUT2D eigenvalue weighted by molar-refractivity contribution is -0.114. The van der Waals surface area contributed by atoms with Gasteiger partial charge in [0.05, 0.1) is 6.54 Å². The first kappa shape index (κ1) is 14.5. The van der Waals surface area contributed by atoms with E-state index in [9.17, 15) is 9.18 Å². The van der Waals surface area contributed by atoms with E-state index in [1.54, 1.807) is 0 Å². The maximum atomic E-state index is 12.7. The molecule has 0 aliphatic carbocycles. The van der Waals surface area contributed by atoms with Gasteiger partial charge in [-0.2, -0.15) is 0 Å². The summed E-state index contributed by atoms with van der Waals surface area (Å²) in [6.07, 6.45) is 0. The molecule has 2 aromatic rings. The fraction of sp³-hybridized carbons (Fsp3) is 0.133. The molecule has 0 aromatic heterocycles. The molecule has 0 aliphatic rings. The fourth-order valence-electron chi connectivity index (χ4n) is 1.69. The van der Waals surface area contributed by atoms with Crippen molar-refractivity contribution in [2.75, 3.05) is 17.2 Å². The minimum Gasteiger partial charge on any atom is -0.375 e. The van der Waals surface area contributed by atoms with Gasteiger partial charge in [-0.05, 0) is 64.8 Å². The van der Waals surface area contributed by atoms with Crippen molar-refractivity contribution in [1.82, 2.24) is 0 Å². The summed E-state index contributed by atoms with van der Waals surface area (Å²) in [4.78, 5) is 11.8. The highest BCUT2D eigenvalue weighted by atomic mass is 79.9. The predicted octanol–water partition coefficient (Wildman–Crippen LogP) is 3.95. The van der Waals surface area contributed by atoms with Crippen LogP contribution in [-0.4, -0.2) is 12.5 Å². The smallest absolute Gasteiger partial charge is 0.243 e. The standard InChI is InChI=1S/C15H14BrFN2O/c1-10-2-7-13(16)14(8-10)18-9-15(20)19-12-5-3-11(17)4-6-12/h2-8,18H,9H2,1H3,(H,19,20). The zero-order valence-corrected chi connectivity index (χ0v) is 12.5. The molecule has 5 heteroatoms. The molecule has 3 nitrogen and oxygen atoms in total. The zero-order chi connectivity index (χ0) is 14.5. The molecule has 2 rings (SSSR count). The number of anilines is 2. The van der Waals surface area contributed by atoms with Crippen LogP contribution in [0.4, 0.5) is 15.8 Å². The maximum absolute atomic E-state index is 12.7. The van der Waals surface area contributed by atoms with Crippen molar-refractivity contribution in [1.29, 1.82) is 0 Å². The molecular weight excluding hydrogens is 323 g/mol. The highest BCUT2D eigenvalue weighted by Gasteiger charge is 2.05. The minimum absolute atomic E-state index is 0.138. The molecule has 0 saturated heterocycles. The number of hydrogen-bond donors (Lipinski definition) is 2. The van der Waals surface area contributed by atoms with Gasteiger partial charge in [0.15, 0.2) is 0 Å². The normalized spacial score (nSPS) is 10.2. The van der Waals surface area contributed by atoms with E-state index in [1.807, 2.05) is 25.1 Å². The second-order valence-corrected chi connectivity index (χ2v) is 5.25. The van der Waals surface area contributed by atoms with Crippen LogP contribution in [0.15, 0.2) is 46.9 Å². The van der Waals surface area contributed by atoms with E-state index >= 15 is 0 Å². The number of amides is 1. The lowest BCUT2D eigenvalue weighted by atomic mass is 10.2. The highest BCUT2D eigenvalue weighted by molar-refractivity contribution is 9.10. The molecular formula is C15H14BrFN2O. The number of hydrogen-bond acceptors (Lipinski definition) is 2. The lowest BCUT2D eigenvalue weighted by Crippen LogP contribution is -2.21. The van der Waals surface area contributed by atoms with Crippen LogP contribution in [0.25, 0.3) is 0 Å². The highest BCUT2D eigenvalue weighted by Crippen LogP contribution is 2.23. The van der Waals surface area contributed by atoms with Gasteiger partial charge in [0.25, 0.3) is 0 Å². The first-order chi connectivity index (χ1) is 9.54. The summed E-state index contributed by atoms with van der Waals surface area (Å²) >= 11 is 3.42. The SMILES string of the molecule is Cc1ccc(Br)c(NCC(=O)Nc2ccc(F)cc2)c1. The van der Waals surface area contributed by atoms with E-state index in [1.165, 1.54) is 24.3 Å². The molecule has 0 saturated carbocycles. The molecule has 0 radical (unpaired) electrons. The van der Waals surface area contributed by atoms with Crippen LogP contribution in [0.3, 0.4) is 0 Å². The van der Waals surface area contributed by atoms with Gasteiger partial charge in [-0.1, -0.05) is 6.07 Å². The largest absolute Gasteiger partial charge is 0.375 e. The summed E-state index contributed by atoms with van der Waals surface area (Å²) in [5, 5.41) is 5.74. The summed E-state index contributed by atoms with van der Waals surface area (Å²) < 4.78 is 13.6. The van der Waals surface area contributed by atoms with Crippen LogP contribution >= 0.6 is 15.9 Å². The Kier molecular flexibility index (Phi) is 4.74. The van der Waals surface area contributed by atoms with Gasteiger partial charge >= 0.3 is 0 Å². The van der Waals surface area contributed by atoms with Gasteiger partial charge in [0.2, 0.25) is 5.91 Å². The number of rotatable bonds is 4. The van der Waals surface area contributed by atoms with Crippen LogP contribution in [0, 0.1) is 12.7 Å². The molecule has 0 spiro atoms. The van der Waals surface area contributed by atoms with Gasteiger partial charge in [-0.25, -0.2) is 4.39 Å². The quantitative estimate of drug-likeness (QED) is 0.887. The van der Waals surface area contributed by atoms with Crippen molar-refractivity contribution in [3.8, 4) is 0 Å². The first-order valence-corrected chi connectivity index (χ1v) is 6.89.